The van der Waals surface area contributed by atoms with Crippen molar-refractivity contribution in [1.82, 2.24) is 5.32 Å². The van der Waals surface area contributed by atoms with Crippen molar-refractivity contribution < 1.29 is 24.9 Å². The largest absolute Gasteiger partial charge is 0.511 e. The van der Waals surface area contributed by atoms with E-state index in [1.807, 2.05) is 6.92 Å². The second-order valence-electron chi connectivity index (χ2n) is 5.08. The van der Waals surface area contributed by atoms with Crippen molar-refractivity contribution in [3.05, 3.63) is 53.4 Å². The van der Waals surface area contributed by atoms with Gasteiger partial charge in [0.05, 0.1) is 0 Å². The number of rotatable bonds is 4. The van der Waals surface area contributed by atoms with Crippen molar-refractivity contribution in [2.45, 2.75) is 13.3 Å². The number of aliphatic carboxylic acids is 1. The normalized spacial score (nSPS) is 20.8. The number of carboxylic acids is 1. The predicted molar refractivity (Wildman–Crippen MR) is 79.3 cm³/mol. The average Bonchev–Trinajstić information content (AvgIpc) is 2.45. The van der Waals surface area contributed by atoms with E-state index in [4.69, 9.17) is 5.11 Å². The average molecular weight is 303 g/mol. The summed E-state index contributed by atoms with van der Waals surface area (Å²) >= 11 is 0. The SMILES string of the molecule is CCC1C=C(NC(=O)c2cccc(O)c2)C=C(O)C1C(=O)O. The molecule has 0 fully saturated rings. The molecule has 2 unspecified atom stereocenters. The van der Waals surface area contributed by atoms with Crippen LogP contribution in [0.25, 0.3) is 0 Å². The summed E-state index contributed by atoms with van der Waals surface area (Å²) in [5.41, 5.74) is 0.609. The second-order valence-corrected chi connectivity index (χ2v) is 5.08. The Hall–Kier alpha value is -2.76. The maximum absolute atomic E-state index is 12.1. The third-order valence-electron chi connectivity index (χ3n) is 3.55. The molecule has 6 heteroatoms. The number of allylic oxidation sites excluding steroid dienone is 2. The molecule has 1 amide bonds. The lowest BCUT2D eigenvalue weighted by molar-refractivity contribution is -0.142. The second kappa shape index (κ2) is 6.34. The number of amides is 1. The number of benzene rings is 1. The van der Waals surface area contributed by atoms with Gasteiger partial charge in [-0.25, -0.2) is 0 Å². The fourth-order valence-corrected chi connectivity index (χ4v) is 2.43. The summed E-state index contributed by atoms with van der Waals surface area (Å²) in [6, 6.07) is 5.86. The number of hydrogen-bond donors (Lipinski definition) is 4. The van der Waals surface area contributed by atoms with E-state index in [1.165, 1.54) is 18.2 Å². The predicted octanol–water partition coefficient (Wildman–Crippen LogP) is 2.19. The first-order valence-corrected chi connectivity index (χ1v) is 6.88. The minimum absolute atomic E-state index is 0.0268. The molecule has 6 nitrogen and oxygen atoms in total. The van der Waals surface area contributed by atoms with E-state index in [2.05, 4.69) is 5.32 Å². The van der Waals surface area contributed by atoms with E-state index in [0.29, 0.717) is 12.1 Å². The summed E-state index contributed by atoms with van der Waals surface area (Å²) in [7, 11) is 0. The summed E-state index contributed by atoms with van der Waals surface area (Å²) in [6.07, 6.45) is 3.38. The van der Waals surface area contributed by atoms with Crippen LogP contribution < -0.4 is 5.32 Å². The molecule has 1 aromatic rings. The van der Waals surface area contributed by atoms with Gasteiger partial charge in [0.1, 0.15) is 17.4 Å². The van der Waals surface area contributed by atoms with Crippen molar-refractivity contribution in [2.24, 2.45) is 11.8 Å². The monoisotopic (exact) mass is 303 g/mol. The van der Waals surface area contributed by atoms with Crippen LogP contribution in [0.4, 0.5) is 0 Å². The van der Waals surface area contributed by atoms with Gasteiger partial charge < -0.3 is 20.6 Å². The van der Waals surface area contributed by atoms with Gasteiger partial charge in [0.2, 0.25) is 0 Å². The molecule has 0 saturated heterocycles. The van der Waals surface area contributed by atoms with E-state index < -0.39 is 23.7 Å². The van der Waals surface area contributed by atoms with Crippen LogP contribution in [0.3, 0.4) is 0 Å². The zero-order chi connectivity index (χ0) is 16.3. The number of aliphatic hydroxyl groups is 1. The number of aliphatic hydroxyl groups excluding tert-OH is 1. The van der Waals surface area contributed by atoms with Crippen molar-refractivity contribution in [1.29, 1.82) is 0 Å². The quantitative estimate of drug-likeness (QED) is 0.682. The Bertz CT molecular complexity index is 662. The molecule has 4 N–H and O–H groups in total. The molecule has 0 aliphatic heterocycles. The highest BCUT2D eigenvalue weighted by molar-refractivity contribution is 5.96. The lowest BCUT2D eigenvalue weighted by Crippen LogP contribution is -2.31. The Balaban J connectivity index is 2.20. The number of nitrogens with one attached hydrogen (secondary N) is 1. The third kappa shape index (κ3) is 3.28. The van der Waals surface area contributed by atoms with E-state index in [9.17, 15) is 19.8 Å². The Morgan fingerprint density at radius 1 is 1.27 bits per heavy atom. The van der Waals surface area contributed by atoms with Crippen molar-refractivity contribution in [2.75, 3.05) is 0 Å². The molecule has 0 spiro atoms. The Morgan fingerprint density at radius 2 is 2.00 bits per heavy atom. The highest BCUT2D eigenvalue weighted by Crippen LogP contribution is 2.29. The Labute approximate surface area is 127 Å². The van der Waals surface area contributed by atoms with E-state index in [1.54, 1.807) is 18.2 Å². The van der Waals surface area contributed by atoms with Gasteiger partial charge in [0, 0.05) is 11.3 Å². The molecular formula is C16H17NO5. The number of phenols is 1. The number of carbonyl (C=O) groups excluding carboxylic acids is 1. The van der Waals surface area contributed by atoms with Crippen LogP contribution in [0.15, 0.2) is 47.9 Å². The standard InChI is InChI=1S/C16H17NO5/c1-2-9-6-11(8-13(19)14(9)16(21)22)17-15(20)10-4-3-5-12(18)7-10/h3-9,14,18-19H,2H2,1H3,(H,17,20)(H,21,22). The molecule has 1 aromatic carbocycles. The molecule has 2 atom stereocenters. The summed E-state index contributed by atoms with van der Waals surface area (Å²) in [6.45, 7) is 1.81. The van der Waals surface area contributed by atoms with Gasteiger partial charge >= 0.3 is 5.97 Å². The topological polar surface area (TPSA) is 107 Å². The first-order chi connectivity index (χ1) is 10.4. The lowest BCUT2D eigenvalue weighted by atomic mass is 9.84. The number of aromatic hydroxyl groups is 1. The molecule has 1 aliphatic rings. The zero-order valence-electron chi connectivity index (χ0n) is 12.0. The summed E-state index contributed by atoms with van der Waals surface area (Å²) in [5, 5.41) is 31.0. The molecule has 0 radical (unpaired) electrons. The van der Waals surface area contributed by atoms with Gasteiger partial charge in [0.25, 0.3) is 5.91 Å². The third-order valence-corrected chi connectivity index (χ3v) is 3.55. The fraction of sp³-hybridized carbons (Fsp3) is 0.250. The number of phenolic OH excluding ortho intramolecular Hbond substituents is 1. The number of hydrogen-bond acceptors (Lipinski definition) is 4. The van der Waals surface area contributed by atoms with Crippen molar-refractivity contribution >= 4 is 11.9 Å². The molecule has 22 heavy (non-hydrogen) atoms. The lowest BCUT2D eigenvalue weighted by Gasteiger charge is -2.24. The van der Waals surface area contributed by atoms with Crippen LogP contribution in [0.2, 0.25) is 0 Å². The molecule has 0 heterocycles. The van der Waals surface area contributed by atoms with E-state index >= 15 is 0 Å². The van der Waals surface area contributed by atoms with Gasteiger partial charge in [-0.1, -0.05) is 19.1 Å². The number of carbonyl (C=O) groups is 2. The summed E-state index contributed by atoms with van der Waals surface area (Å²) in [4.78, 5) is 23.3. The van der Waals surface area contributed by atoms with Gasteiger partial charge in [-0.15, -0.1) is 0 Å². The first kappa shape index (κ1) is 15.6. The molecule has 0 saturated carbocycles. The molecule has 1 aliphatic carbocycles. The smallest absolute Gasteiger partial charge is 0.314 e. The zero-order valence-corrected chi connectivity index (χ0v) is 12.0. The fourth-order valence-electron chi connectivity index (χ4n) is 2.43. The van der Waals surface area contributed by atoms with E-state index in [-0.39, 0.29) is 17.1 Å². The molecule has 2 rings (SSSR count). The molecule has 0 aromatic heterocycles. The van der Waals surface area contributed by atoms with Gasteiger partial charge in [-0.3, -0.25) is 9.59 Å². The first-order valence-electron chi connectivity index (χ1n) is 6.88. The number of carboxylic acid groups (broad SMARTS) is 1. The maximum atomic E-state index is 12.1. The highest BCUT2D eigenvalue weighted by Gasteiger charge is 2.32. The van der Waals surface area contributed by atoms with Gasteiger partial charge in [-0.2, -0.15) is 0 Å². The highest BCUT2D eigenvalue weighted by atomic mass is 16.4. The van der Waals surface area contributed by atoms with Crippen LogP contribution in [0.5, 0.6) is 5.75 Å². The van der Waals surface area contributed by atoms with Gasteiger partial charge in [-0.05, 0) is 36.6 Å². The van der Waals surface area contributed by atoms with Crippen LogP contribution in [-0.2, 0) is 4.79 Å². The molecule has 116 valence electrons. The van der Waals surface area contributed by atoms with Crippen LogP contribution >= 0.6 is 0 Å². The minimum atomic E-state index is -1.10. The summed E-state index contributed by atoms with van der Waals surface area (Å²) < 4.78 is 0. The van der Waals surface area contributed by atoms with Crippen LogP contribution in [0.1, 0.15) is 23.7 Å². The van der Waals surface area contributed by atoms with E-state index in [0.717, 1.165) is 0 Å². The van der Waals surface area contributed by atoms with Crippen molar-refractivity contribution in [3.63, 3.8) is 0 Å². The molecular weight excluding hydrogens is 286 g/mol. The Morgan fingerprint density at radius 3 is 2.59 bits per heavy atom. The summed E-state index contributed by atoms with van der Waals surface area (Å²) in [5.74, 6) is -3.26. The molecule has 0 bridgehead atoms. The minimum Gasteiger partial charge on any atom is -0.511 e. The maximum Gasteiger partial charge on any atom is 0.314 e. The van der Waals surface area contributed by atoms with Crippen LogP contribution in [0, 0.1) is 11.8 Å². The van der Waals surface area contributed by atoms with Crippen molar-refractivity contribution in [3.8, 4) is 5.75 Å². The van der Waals surface area contributed by atoms with Crippen LogP contribution in [-0.4, -0.2) is 27.2 Å². The Kier molecular flexibility index (Phi) is 4.50. The van der Waals surface area contributed by atoms with Gasteiger partial charge in [0.15, 0.2) is 0 Å².